The number of aryl methyl sites for hydroxylation is 1. The van der Waals surface area contributed by atoms with E-state index in [0.717, 1.165) is 28.7 Å². The zero-order chi connectivity index (χ0) is 15.8. The molecule has 114 valence electrons. The molecule has 4 heteroatoms. The van der Waals surface area contributed by atoms with E-state index in [1.807, 2.05) is 18.3 Å². The smallest absolute Gasteiger partial charge is 0.123 e. The molecule has 0 spiro atoms. The summed E-state index contributed by atoms with van der Waals surface area (Å²) >= 11 is 0. The zero-order valence-corrected chi connectivity index (χ0v) is 12.8. The van der Waals surface area contributed by atoms with Gasteiger partial charge in [-0.2, -0.15) is 5.10 Å². The molecule has 0 saturated heterocycles. The van der Waals surface area contributed by atoms with E-state index in [0.29, 0.717) is 0 Å². The Morgan fingerprint density at radius 2 is 1.87 bits per heavy atom. The SMILES string of the molecule is Cc1ccc(-c2ccc(F)cc2)n1Cc1ccc2cn[nH]c2c1. The molecule has 2 aromatic heterocycles. The fourth-order valence-corrected chi connectivity index (χ4v) is 2.92. The summed E-state index contributed by atoms with van der Waals surface area (Å²) in [6.07, 6.45) is 1.82. The summed E-state index contributed by atoms with van der Waals surface area (Å²) in [6.45, 7) is 2.85. The number of nitrogens with zero attached hydrogens (tertiary/aromatic N) is 2. The van der Waals surface area contributed by atoms with Crippen molar-refractivity contribution in [1.82, 2.24) is 14.8 Å². The summed E-state index contributed by atoms with van der Waals surface area (Å²) in [5.74, 6) is -0.215. The van der Waals surface area contributed by atoms with E-state index in [1.54, 1.807) is 0 Å². The average molecular weight is 305 g/mol. The molecule has 4 aromatic rings. The van der Waals surface area contributed by atoms with Crippen LogP contribution in [0.15, 0.2) is 60.8 Å². The number of H-pyrrole nitrogens is 1. The zero-order valence-electron chi connectivity index (χ0n) is 12.8. The van der Waals surface area contributed by atoms with Crippen LogP contribution in [-0.4, -0.2) is 14.8 Å². The fourth-order valence-electron chi connectivity index (χ4n) is 2.92. The van der Waals surface area contributed by atoms with Crippen molar-refractivity contribution >= 4 is 10.9 Å². The van der Waals surface area contributed by atoms with Gasteiger partial charge in [0.25, 0.3) is 0 Å². The van der Waals surface area contributed by atoms with Gasteiger partial charge in [0.15, 0.2) is 0 Å². The molecule has 23 heavy (non-hydrogen) atoms. The van der Waals surface area contributed by atoms with Crippen LogP contribution in [0.2, 0.25) is 0 Å². The lowest BCUT2D eigenvalue weighted by Gasteiger charge is -2.12. The van der Waals surface area contributed by atoms with Gasteiger partial charge < -0.3 is 4.57 Å². The monoisotopic (exact) mass is 305 g/mol. The molecule has 3 nitrogen and oxygen atoms in total. The summed E-state index contributed by atoms with van der Waals surface area (Å²) in [7, 11) is 0. The van der Waals surface area contributed by atoms with E-state index in [-0.39, 0.29) is 5.82 Å². The van der Waals surface area contributed by atoms with Crippen molar-refractivity contribution in [3.05, 3.63) is 77.9 Å². The maximum atomic E-state index is 13.2. The number of hydrogen-bond acceptors (Lipinski definition) is 1. The van der Waals surface area contributed by atoms with Gasteiger partial charge in [-0.05, 0) is 60.5 Å². The van der Waals surface area contributed by atoms with Crippen molar-refractivity contribution in [2.24, 2.45) is 0 Å². The van der Waals surface area contributed by atoms with Gasteiger partial charge >= 0.3 is 0 Å². The maximum Gasteiger partial charge on any atom is 0.123 e. The molecule has 0 saturated carbocycles. The second-order valence-electron chi connectivity index (χ2n) is 5.74. The maximum absolute atomic E-state index is 13.2. The Bertz CT molecular complexity index is 964. The third-order valence-corrected chi connectivity index (χ3v) is 4.19. The van der Waals surface area contributed by atoms with Crippen LogP contribution in [0.25, 0.3) is 22.2 Å². The molecule has 0 radical (unpaired) electrons. The summed E-state index contributed by atoms with van der Waals surface area (Å²) in [5.41, 5.74) is 5.52. The quantitative estimate of drug-likeness (QED) is 0.593. The van der Waals surface area contributed by atoms with Crippen LogP contribution in [0.3, 0.4) is 0 Å². The highest BCUT2D eigenvalue weighted by atomic mass is 19.1. The van der Waals surface area contributed by atoms with Gasteiger partial charge in [0, 0.05) is 23.3 Å². The van der Waals surface area contributed by atoms with Gasteiger partial charge in [-0.25, -0.2) is 4.39 Å². The Hall–Kier alpha value is -2.88. The molecule has 2 heterocycles. The first-order chi connectivity index (χ1) is 11.2. The molecular formula is C19H16FN3. The predicted molar refractivity (Wildman–Crippen MR) is 89.8 cm³/mol. The van der Waals surface area contributed by atoms with Crippen LogP contribution in [0.1, 0.15) is 11.3 Å². The van der Waals surface area contributed by atoms with Crippen molar-refractivity contribution in [2.45, 2.75) is 13.5 Å². The average Bonchev–Trinajstić information content (AvgIpc) is 3.16. The second-order valence-corrected chi connectivity index (χ2v) is 5.74. The van der Waals surface area contributed by atoms with Crippen LogP contribution < -0.4 is 0 Å². The van der Waals surface area contributed by atoms with Gasteiger partial charge in [-0.15, -0.1) is 0 Å². The fraction of sp³-hybridized carbons (Fsp3) is 0.105. The highest BCUT2D eigenvalue weighted by Crippen LogP contribution is 2.24. The molecule has 0 aliphatic rings. The van der Waals surface area contributed by atoms with Gasteiger partial charge in [-0.1, -0.05) is 12.1 Å². The van der Waals surface area contributed by atoms with Crippen LogP contribution in [-0.2, 0) is 6.54 Å². The van der Waals surface area contributed by atoms with E-state index < -0.39 is 0 Å². The Morgan fingerprint density at radius 3 is 2.70 bits per heavy atom. The number of nitrogens with one attached hydrogen (secondary N) is 1. The first-order valence-corrected chi connectivity index (χ1v) is 7.55. The highest BCUT2D eigenvalue weighted by molar-refractivity contribution is 5.78. The molecular weight excluding hydrogens is 289 g/mol. The lowest BCUT2D eigenvalue weighted by atomic mass is 10.1. The number of aromatic amines is 1. The third kappa shape index (κ3) is 2.52. The molecule has 0 fully saturated rings. The highest BCUT2D eigenvalue weighted by Gasteiger charge is 2.09. The minimum absolute atomic E-state index is 0.215. The Kier molecular flexibility index (Phi) is 3.23. The number of hydrogen-bond donors (Lipinski definition) is 1. The van der Waals surface area contributed by atoms with Crippen molar-refractivity contribution < 1.29 is 4.39 Å². The van der Waals surface area contributed by atoms with Crippen LogP contribution in [0.5, 0.6) is 0 Å². The molecule has 0 unspecified atom stereocenters. The summed E-state index contributed by atoms with van der Waals surface area (Å²) in [6, 6.07) is 17.1. The largest absolute Gasteiger partial charge is 0.340 e. The molecule has 0 aliphatic carbocycles. The topological polar surface area (TPSA) is 33.6 Å². The summed E-state index contributed by atoms with van der Waals surface area (Å²) in [4.78, 5) is 0. The number of benzene rings is 2. The van der Waals surface area contributed by atoms with Crippen molar-refractivity contribution in [2.75, 3.05) is 0 Å². The van der Waals surface area contributed by atoms with E-state index in [4.69, 9.17) is 0 Å². The van der Waals surface area contributed by atoms with Crippen molar-refractivity contribution in [1.29, 1.82) is 0 Å². The molecule has 0 bridgehead atoms. The van der Waals surface area contributed by atoms with E-state index >= 15 is 0 Å². The van der Waals surface area contributed by atoms with Crippen molar-refractivity contribution in [3.8, 4) is 11.3 Å². The lowest BCUT2D eigenvalue weighted by Crippen LogP contribution is -2.03. The number of halogens is 1. The van der Waals surface area contributed by atoms with E-state index in [1.165, 1.54) is 23.4 Å². The molecule has 2 aromatic carbocycles. The van der Waals surface area contributed by atoms with Gasteiger partial charge in [0.2, 0.25) is 0 Å². The number of fused-ring (bicyclic) bond motifs is 1. The Labute approximate surface area is 133 Å². The lowest BCUT2D eigenvalue weighted by molar-refractivity contribution is 0.628. The minimum atomic E-state index is -0.215. The predicted octanol–water partition coefficient (Wildman–Crippen LogP) is 4.53. The van der Waals surface area contributed by atoms with E-state index in [2.05, 4.69) is 52.0 Å². The van der Waals surface area contributed by atoms with Crippen molar-refractivity contribution in [3.63, 3.8) is 0 Å². The minimum Gasteiger partial charge on any atom is -0.340 e. The third-order valence-electron chi connectivity index (χ3n) is 4.19. The van der Waals surface area contributed by atoms with Gasteiger partial charge in [-0.3, -0.25) is 5.10 Å². The molecule has 0 atom stereocenters. The van der Waals surface area contributed by atoms with Crippen LogP contribution in [0.4, 0.5) is 4.39 Å². The molecule has 4 rings (SSSR count). The summed E-state index contributed by atoms with van der Waals surface area (Å²) < 4.78 is 15.4. The number of aromatic nitrogens is 3. The Balaban J connectivity index is 1.73. The Morgan fingerprint density at radius 1 is 1.04 bits per heavy atom. The van der Waals surface area contributed by atoms with E-state index in [9.17, 15) is 4.39 Å². The second kappa shape index (κ2) is 5.39. The number of rotatable bonds is 3. The standard InChI is InChI=1S/C19H16FN3/c1-13-2-9-19(15-5-7-17(20)8-6-15)23(13)12-14-3-4-16-11-21-22-18(16)10-14/h2-11H,12H2,1H3,(H,21,22). The van der Waals surface area contributed by atoms with Crippen LogP contribution >= 0.6 is 0 Å². The first kappa shape index (κ1) is 13.8. The summed E-state index contributed by atoms with van der Waals surface area (Å²) in [5, 5.41) is 8.18. The molecule has 0 aliphatic heterocycles. The normalized spacial score (nSPS) is 11.2. The van der Waals surface area contributed by atoms with Crippen LogP contribution in [0, 0.1) is 12.7 Å². The first-order valence-electron chi connectivity index (χ1n) is 7.55. The van der Waals surface area contributed by atoms with Gasteiger partial charge in [0.1, 0.15) is 5.82 Å². The molecule has 1 N–H and O–H groups in total. The van der Waals surface area contributed by atoms with Gasteiger partial charge in [0.05, 0.1) is 11.7 Å². The molecule has 0 amide bonds.